The highest BCUT2D eigenvalue weighted by atomic mass is 32.2. The molecular formula is C9H16N2O5S. The summed E-state index contributed by atoms with van der Waals surface area (Å²) in [6.45, 7) is 4.46. The Morgan fingerprint density at radius 1 is 1.29 bits per heavy atom. The molecule has 98 valence electrons. The zero-order valence-corrected chi connectivity index (χ0v) is 10.9. The Morgan fingerprint density at radius 3 is 2.35 bits per heavy atom. The third-order valence-corrected chi connectivity index (χ3v) is 2.50. The van der Waals surface area contributed by atoms with E-state index in [2.05, 4.69) is 10.1 Å². The molecule has 0 unspecified atom stereocenters. The van der Waals surface area contributed by atoms with E-state index in [1.54, 1.807) is 13.8 Å². The Bertz CT molecular complexity index is 436. The normalized spacial score (nSPS) is 12.2. The molecule has 0 N–H and O–H groups in total. The molecule has 0 aromatic carbocycles. The monoisotopic (exact) mass is 264 g/mol. The van der Waals surface area contributed by atoms with E-state index < -0.39 is 16.1 Å². The van der Waals surface area contributed by atoms with Gasteiger partial charge >= 0.3 is 0 Å². The molecule has 1 rings (SSSR count). The van der Waals surface area contributed by atoms with Crippen LogP contribution in [0.5, 0.6) is 0 Å². The van der Waals surface area contributed by atoms with Crippen molar-refractivity contribution in [3.63, 3.8) is 0 Å². The smallest absolute Gasteiger partial charge is 0.283 e. The van der Waals surface area contributed by atoms with Crippen LogP contribution in [-0.4, -0.2) is 38.0 Å². The van der Waals surface area contributed by atoms with Crippen molar-refractivity contribution in [1.82, 2.24) is 10.1 Å². The van der Waals surface area contributed by atoms with E-state index in [0.29, 0.717) is 13.2 Å². The third kappa shape index (κ3) is 4.80. The van der Waals surface area contributed by atoms with Crippen molar-refractivity contribution in [2.45, 2.75) is 25.9 Å². The van der Waals surface area contributed by atoms with Crippen molar-refractivity contribution < 1.29 is 22.4 Å². The van der Waals surface area contributed by atoms with Crippen molar-refractivity contribution in [1.29, 1.82) is 0 Å². The maximum absolute atomic E-state index is 11.0. The van der Waals surface area contributed by atoms with Crippen LogP contribution in [0.2, 0.25) is 0 Å². The lowest BCUT2D eigenvalue weighted by atomic mass is 10.6. The Morgan fingerprint density at radius 2 is 1.88 bits per heavy atom. The highest BCUT2D eigenvalue weighted by Gasteiger charge is 2.20. The van der Waals surface area contributed by atoms with Crippen LogP contribution in [0.25, 0.3) is 0 Å². The second-order valence-corrected chi connectivity index (χ2v) is 5.50. The van der Waals surface area contributed by atoms with Crippen molar-refractivity contribution >= 4 is 9.84 Å². The van der Waals surface area contributed by atoms with E-state index in [1.165, 1.54) is 0 Å². The summed E-state index contributed by atoms with van der Waals surface area (Å²) >= 11 is 0. The number of ether oxygens (including phenoxy) is 2. The predicted molar refractivity (Wildman–Crippen MR) is 58.8 cm³/mol. The van der Waals surface area contributed by atoms with Gasteiger partial charge in [0.15, 0.2) is 15.7 Å². The van der Waals surface area contributed by atoms with Crippen LogP contribution >= 0.6 is 0 Å². The number of hydrogen-bond donors (Lipinski definition) is 0. The first-order chi connectivity index (χ1) is 7.96. The second kappa shape index (κ2) is 6.08. The first-order valence-electron chi connectivity index (χ1n) is 5.19. The number of aromatic nitrogens is 2. The Labute approximate surface area is 100 Å². The van der Waals surface area contributed by atoms with E-state index in [0.717, 1.165) is 6.26 Å². The minimum Gasteiger partial charge on any atom is -0.345 e. The Hall–Kier alpha value is -0.990. The largest absolute Gasteiger partial charge is 0.345 e. The maximum Gasteiger partial charge on any atom is 0.283 e. The van der Waals surface area contributed by atoms with E-state index in [9.17, 15) is 8.42 Å². The van der Waals surface area contributed by atoms with Gasteiger partial charge in [-0.15, -0.1) is 0 Å². The van der Waals surface area contributed by atoms with Gasteiger partial charge in [0, 0.05) is 19.5 Å². The van der Waals surface area contributed by atoms with Crippen LogP contribution in [0.1, 0.15) is 31.9 Å². The van der Waals surface area contributed by atoms with Gasteiger partial charge in [-0.25, -0.2) is 8.42 Å². The molecule has 0 aliphatic rings. The van der Waals surface area contributed by atoms with Gasteiger partial charge in [-0.2, -0.15) is 4.98 Å². The summed E-state index contributed by atoms with van der Waals surface area (Å²) in [5.41, 5.74) is 0. The molecule has 0 amide bonds. The lowest BCUT2D eigenvalue weighted by molar-refractivity contribution is -0.155. The SMILES string of the molecule is CCOC(OCC)c1nc(CS(C)(=O)=O)no1. The molecular weight excluding hydrogens is 248 g/mol. The van der Waals surface area contributed by atoms with Crippen LogP contribution in [0, 0.1) is 0 Å². The van der Waals surface area contributed by atoms with Gasteiger partial charge in [-0.05, 0) is 13.8 Å². The lowest BCUT2D eigenvalue weighted by Crippen LogP contribution is -2.09. The molecule has 17 heavy (non-hydrogen) atoms. The fourth-order valence-corrected chi connectivity index (χ4v) is 1.74. The van der Waals surface area contributed by atoms with Crippen LogP contribution in [-0.2, 0) is 25.1 Å². The molecule has 0 aliphatic carbocycles. The minimum atomic E-state index is -3.18. The quantitative estimate of drug-likeness (QED) is 0.669. The van der Waals surface area contributed by atoms with Gasteiger partial charge in [0.2, 0.25) is 6.29 Å². The van der Waals surface area contributed by atoms with Gasteiger partial charge in [0.25, 0.3) is 5.89 Å². The third-order valence-electron chi connectivity index (χ3n) is 1.71. The minimum absolute atomic E-state index is 0.104. The molecule has 0 radical (unpaired) electrons. The molecule has 0 spiro atoms. The Kier molecular flexibility index (Phi) is 5.03. The topological polar surface area (TPSA) is 91.5 Å². The van der Waals surface area contributed by atoms with Crippen LogP contribution in [0.4, 0.5) is 0 Å². The highest BCUT2D eigenvalue weighted by Crippen LogP contribution is 2.17. The number of nitrogens with zero attached hydrogens (tertiary/aromatic N) is 2. The fourth-order valence-electron chi connectivity index (χ4n) is 1.15. The molecule has 0 bridgehead atoms. The molecule has 0 atom stereocenters. The highest BCUT2D eigenvalue weighted by molar-refractivity contribution is 7.89. The summed E-state index contributed by atoms with van der Waals surface area (Å²) in [5.74, 6) is -0.0270. The van der Waals surface area contributed by atoms with Crippen LogP contribution < -0.4 is 0 Å². The summed E-state index contributed by atoms with van der Waals surface area (Å²) in [5, 5.41) is 3.56. The van der Waals surface area contributed by atoms with Crippen LogP contribution in [0.15, 0.2) is 4.52 Å². The summed E-state index contributed by atoms with van der Waals surface area (Å²) in [4.78, 5) is 3.93. The van der Waals surface area contributed by atoms with Crippen LogP contribution in [0.3, 0.4) is 0 Å². The fraction of sp³-hybridized carbons (Fsp3) is 0.778. The maximum atomic E-state index is 11.0. The van der Waals surface area contributed by atoms with Crippen molar-refractivity contribution in [2.24, 2.45) is 0 Å². The van der Waals surface area contributed by atoms with Gasteiger partial charge in [-0.1, -0.05) is 5.16 Å². The average molecular weight is 264 g/mol. The standard InChI is InChI=1S/C9H16N2O5S/c1-4-14-9(15-5-2)8-10-7(11-16-8)6-17(3,12)13/h9H,4-6H2,1-3H3. The zero-order valence-electron chi connectivity index (χ0n) is 10.0. The molecule has 0 saturated carbocycles. The second-order valence-electron chi connectivity index (χ2n) is 3.36. The summed E-state index contributed by atoms with van der Waals surface area (Å²) in [7, 11) is -3.18. The van der Waals surface area contributed by atoms with Crippen molar-refractivity contribution in [3.8, 4) is 0 Å². The first-order valence-corrected chi connectivity index (χ1v) is 7.25. The van der Waals surface area contributed by atoms with Gasteiger partial charge < -0.3 is 14.0 Å². The summed E-state index contributed by atoms with van der Waals surface area (Å²) in [6.07, 6.45) is 0.358. The molecule has 0 fully saturated rings. The molecule has 1 aromatic rings. The lowest BCUT2D eigenvalue weighted by Gasteiger charge is -2.11. The Balaban J connectivity index is 2.77. The number of rotatable bonds is 7. The molecule has 1 heterocycles. The molecule has 8 heteroatoms. The predicted octanol–water partition coefficient (Wildman–Crippen LogP) is 0.686. The van der Waals surface area contributed by atoms with E-state index in [-0.39, 0.29) is 17.5 Å². The number of sulfone groups is 1. The molecule has 1 aromatic heterocycles. The summed E-state index contributed by atoms with van der Waals surface area (Å²) < 4.78 is 37.5. The molecule has 0 aliphatic heterocycles. The van der Waals surface area contributed by atoms with E-state index in [4.69, 9.17) is 14.0 Å². The van der Waals surface area contributed by atoms with Gasteiger partial charge in [-0.3, -0.25) is 0 Å². The average Bonchev–Trinajstić information content (AvgIpc) is 2.63. The van der Waals surface area contributed by atoms with Gasteiger partial charge in [0.1, 0.15) is 5.75 Å². The summed E-state index contributed by atoms with van der Waals surface area (Å²) in [6, 6.07) is 0. The molecule has 0 saturated heterocycles. The first kappa shape index (κ1) is 14.1. The van der Waals surface area contributed by atoms with E-state index >= 15 is 0 Å². The van der Waals surface area contributed by atoms with Crippen molar-refractivity contribution in [3.05, 3.63) is 11.7 Å². The van der Waals surface area contributed by atoms with Gasteiger partial charge in [0.05, 0.1) is 0 Å². The molecule has 7 nitrogen and oxygen atoms in total. The van der Waals surface area contributed by atoms with E-state index in [1.807, 2.05) is 0 Å². The van der Waals surface area contributed by atoms with Crippen molar-refractivity contribution in [2.75, 3.05) is 19.5 Å². The zero-order chi connectivity index (χ0) is 12.9. The number of hydrogen-bond acceptors (Lipinski definition) is 7.